The van der Waals surface area contributed by atoms with Crippen molar-refractivity contribution in [3.8, 4) is 0 Å². The maximum Gasteiger partial charge on any atom is 0.331 e. The van der Waals surface area contributed by atoms with Gasteiger partial charge in [-0.1, -0.05) is 135 Å². The molecule has 64 heavy (non-hydrogen) atoms. The number of hydrogen-bond donors (Lipinski definition) is 6. The normalized spacial score (nSPS) is 25.4. The third-order valence-corrected chi connectivity index (χ3v) is 11.2. The van der Waals surface area contributed by atoms with Gasteiger partial charge >= 0.3 is 35.8 Å². The molecule has 0 amide bonds. The highest BCUT2D eigenvalue weighted by Gasteiger charge is 2.18. The summed E-state index contributed by atoms with van der Waals surface area (Å²) < 4.78 is 0. The second-order valence-corrected chi connectivity index (χ2v) is 16.4. The maximum absolute atomic E-state index is 10.6. The fourth-order valence-electron chi connectivity index (χ4n) is 7.21. The Morgan fingerprint density at radius 1 is 0.375 bits per heavy atom. The van der Waals surface area contributed by atoms with Crippen molar-refractivity contribution in [2.75, 3.05) is 0 Å². The van der Waals surface area contributed by atoms with Gasteiger partial charge in [-0.25, -0.2) is 4.79 Å². The van der Waals surface area contributed by atoms with Gasteiger partial charge in [0.15, 0.2) is 0 Å². The minimum absolute atomic E-state index is 0.0973. The number of carboxylic acids is 6. The van der Waals surface area contributed by atoms with Gasteiger partial charge in [0.1, 0.15) is 0 Å². The van der Waals surface area contributed by atoms with E-state index in [2.05, 4.69) is 18.2 Å². The van der Waals surface area contributed by atoms with E-state index in [9.17, 15) is 28.8 Å². The molecular weight excluding hydrogens is 817 g/mol. The van der Waals surface area contributed by atoms with Crippen molar-refractivity contribution in [2.45, 2.75) is 148 Å². The highest BCUT2D eigenvalue weighted by molar-refractivity contribution is 5.86. The minimum Gasteiger partial charge on any atom is -0.481 e. The van der Waals surface area contributed by atoms with Crippen molar-refractivity contribution in [3.63, 3.8) is 0 Å². The first-order valence-corrected chi connectivity index (χ1v) is 23.2. The molecule has 0 aromatic rings. The van der Waals surface area contributed by atoms with Gasteiger partial charge in [0, 0.05) is 5.57 Å². The van der Waals surface area contributed by atoms with Gasteiger partial charge in [0.25, 0.3) is 0 Å². The number of carboxylic acid groups (broad SMARTS) is 6. The second-order valence-electron chi connectivity index (χ2n) is 16.4. The van der Waals surface area contributed by atoms with Crippen molar-refractivity contribution in [3.05, 3.63) is 109 Å². The Morgan fingerprint density at radius 3 is 1.58 bits per heavy atom. The summed E-state index contributed by atoms with van der Waals surface area (Å²) in [6.45, 7) is 0. The first-order chi connectivity index (χ1) is 30.8. The quantitative estimate of drug-likeness (QED) is 0.137. The SMILES string of the molecule is O=C(O)/C1=C/CCCCCC1.O=C(O)C1/C=C\CCCCC1.O=C(O)C1C/C=C\CCCC1.O=C(O)C1C=CC=CC=C1.O=C(O)C1C=CC=CCC1.O=C(O)C1CC/C=C\CCC1. The lowest BCUT2D eigenvalue weighted by Crippen LogP contribution is -2.13. The molecule has 12 heteroatoms. The molecule has 0 aromatic heterocycles. The van der Waals surface area contributed by atoms with Crippen molar-refractivity contribution >= 4 is 35.8 Å². The molecule has 4 unspecified atom stereocenters. The molecule has 0 fully saturated rings. The number of hydrogen-bond acceptors (Lipinski definition) is 6. The molecule has 0 aliphatic heterocycles. The van der Waals surface area contributed by atoms with Crippen molar-refractivity contribution in [1.82, 2.24) is 0 Å². The van der Waals surface area contributed by atoms with Crippen LogP contribution in [0.3, 0.4) is 0 Å². The molecule has 0 aromatic carbocycles. The van der Waals surface area contributed by atoms with Crippen molar-refractivity contribution < 1.29 is 59.4 Å². The smallest absolute Gasteiger partial charge is 0.331 e. The second kappa shape index (κ2) is 36.9. The summed E-state index contributed by atoms with van der Waals surface area (Å²) in [6, 6.07) is 0. The van der Waals surface area contributed by atoms with Gasteiger partial charge in [0.2, 0.25) is 0 Å². The van der Waals surface area contributed by atoms with Gasteiger partial charge in [0.05, 0.1) is 29.6 Å². The van der Waals surface area contributed by atoms with Gasteiger partial charge in [-0.2, -0.15) is 0 Å². The van der Waals surface area contributed by atoms with E-state index in [1.54, 1.807) is 48.6 Å². The number of carbonyl (C=O) groups is 6. The molecule has 6 rings (SSSR count). The molecule has 354 valence electrons. The maximum atomic E-state index is 10.6. The largest absolute Gasteiger partial charge is 0.481 e. The summed E-state index contributed by atoms with van der Waals surface area (Å²) in [7, 11) is 0. The van der Waals surface area contributed by atoms with Crippen molar-refractivity contribution in [1.29, 1.82) is 0 Å². The molecule has 6 aliphatic carbocycles. The molecule has 0 radical (unpaired) electrons. The predicted octanol–water partition coefficient (Wildman–Crippen LogP) is 11.9. The zero-order chi connectivity index (χ0) is 47.2. The van der Waals surface area contributed by atoms with Gasteiger partial charge in [-0.3, -0.25) is 24.0 Å². The van der Waals surface area contributed by atoms with Crippen LogP contribution in [0.15, 0.2) is 109 Å². The zero-order valence-corrected chi connectivity index (χ0v) is 37.6. The molecule has 12 nitrogen and oxygen atoms in total. The molecule has 6 N–H and O–H groups in total. The summed E-state index contributed by atoms with van der Waals surface area (Å²) in [5.74, 6) is -5.41. The predicted molar refractivity (Wildman–Crippen MR) is 251 cm³/mol. The zero-order valence-electron chi connectivity index (χ0n) is 37.6. The molecule has 4 atom stereocenters. The van der Waals surface area contributed by atoms with E-state index >= 15 is 0 Å². The van der Waals surface area contributed by atoms with Crippen LogP contribution in [0.25, 0.3) is 0 Å². The van der Waals surface area contributed by atoms with E-state index in [1.165, 1.54) is 25.7 Å². The lowest BCUT2D eigenvalue weighted by molar-refractivity contribution is -0.143. The third kappa shape index (κ3) is 29.7. The number of rotatable bonds is 6. The number of aliphatic carboxylic acids is 6. The van der Waals surface area contributed by atoms with Crippen LogP contribution >= 0.6 is 0 Å². The highest BCUT2D eigenvalue weighted by atomic mass is 16.4. The van der Waals surface area contributed by atoms with E-state index in [4.69, 9.17) is 30.6 Å². The van der Waals surface area contributed by atoms with Crippen LogP contribution in [0.2, 0.25) is 0 Å². The Labute approximate surface area is 380 Å². The summed E-state index contributed by atoms with van der Waals surface area (Å²) in [5, 5.41) is 52.0. The fourth-order valence-corrected chi connectivity index (χ4v) is 7.21. The Bertz CT molecular complexity index is 1660. The van der Waals surface area contributed by atoms with Crippen molar-refractivity contribution in [2.24, 2.45) is 29.6 Å². The molecule has 0 bridgehead atoms. The Balaban J connectivity index is 0.000000384. The van der Waals surface area contributed by atoms with E-state index in [-0.39, 0.29) is 23.7 Å². The molecule has 0 saturated heterocycles. The van der Waals surface area contributed by atoms with Crippen LogP contribution in [0.1, 0.15) is 148 Å². The first-order valence-electron chi connectivity index (χ1n) is 23.2. The van der Waals surface area contributed by atoms with Gasteiger partial charge in [-0.15, -0.1) is 0 Å². The van der Waals surface area contributed by atoms with Crippen LogP contribution in [0, 0.1) is 29.6 Å². The Hall–Kier alpha value is -5.52. The van der Waals surface area contributed by atoms with E-state index in [0.29, 0.717) is 5.57 Å². The topological polar surface area (TPSA) is 224 Å². The number of allylic oxidation sites excluding steroid dienone is 13. The van der Waals surface area contributed by atoms with Gasteiger partial charge < -0.3 is 30.6 Å². The lowest BCUT2D eigenvalue weighted by atomic mass is 9.94. The van der Waals surface area contributed by atoms with E-state index in [0.717, 1.165) is 122 Å². The third-order valence-electron chi connectivity index (χ3n) is 11.2. The standard InChI is InChI=1S/4C9H14O2.C8H10O2.C8H8O2/c4*10-9(11)8-6-4-2-1-3-5-7-8;2*9-8(10)7-5-3-1-2-4-6-7/h6H,1-5,7H2,(H,10,11);4,6,8H,1-3,5,7H2,(H,10,11);2,4,8H,1,3,5-7H2,(H,10,11);1-2,8H,3-7H2,(H,10,11);1-3,5,7H,4,6H2,(H,9,10);1-7H,(H,9,10)/b8-6+;6-4-;4-2-;2-1-;;. The van der Waals surface area contributed by atoms with E-state index in [1.807, 2.05) is 36.5 Å². The average molecular weight is 891 g/mol. The monoisotopic (exact) mass is 891 g/mol. The lowest BCUT2D eigenvalue weighted by Gasteiger charge is -2.11. The molecule has 6 aliphatic rings. The van der Waals surface area contributed by atoms with Gasteiger partial charge in [-0.05, 0) is 116 Å². The van der Waals surface area contributed by atoms with Crippen LogP contribution < -0.4 is 0 Å². The molecule has 0 spiro atoms. The first kappa shape index (κ1) is 56.5. The fraction of sp³-hybridized carbons (Fsp3) is 0.538. The molecular formula is C52H74O12. The van der Waals surface area contributed by atoms with E-state index < -0.39 is 41.7 Å². The summed E-state index contributed by atoms with van der Waals surface area (Å²) in [4.78, 5) is 63.1. The minimum atomic E-state index is -0.809. The molecule has 0 saturated carbocycles. The highest BCUT2D eigenvalue weighted by Crippen LogP contribution is 2.20. The van der Waals surface area contributed by atoms with Crippen LogP contribution in [-0.2, 0) is 28.8 Å². The summed E-state index contributed by atoms with van der Waals surface area (Å²) >= 11 is 0. The Morgan fingerprint density at radius 2 is 0.906 bits per heavy atom. The van der Waals surface area contributed by atoms with Crippen LogP contribution in [-0.4, -0.2) is 66.5 Å². The van der Waals surface area contributed by atoms with Crippen LogP contribution in [0.5, 0.6) is 0 Å². The van der Waals surface area contributed by atoms with Crippen LogP contribution in [0.4, 0.5) is 0 Å². The average Bonchev–Trinajstić information content (AvgIpc) is 3.65. The summed E-state index contributed by atoms with van der Waals surface area (Å²) in [6.07, 6.45) is 54.6. The summed E-state index contributed by atoms with van der Waals surface area (Å²) in [5.41, 5.74) is 0.615. The Kier molecular flexibility index (Phi) is 32.6. The molecule has 0 heterocycles.